The third kappa shape index (κ3) is 5.16. The van der Waals surface area contributed by atoms with Crippen LogP contribution < -0.4 is 10.1 Å². The molecule has 2 aromatic carbocycles. The Bertz CT molecular complexity index is 1010. The minimum absolute atomic E-state index is 0.243. The van der Waals surface area contributed by atoms with Gasteiger partial charge in [-0.15, -0.1) is 0 Å². The number of hydrogen-bond acceptors (Lipinski definition) is 5. The molecule has 1 aliphatic heterocycles. The summed E-state index contributed by atoms with van der Waals surface area (Å²) in [5.41, 5.74) is 2.96. The predicted molar refractivity (Wildman–Crippen MR) is 118 cm³/mol. The van der Waals surface area contributed by atoms with Crippen LogP contribution in [0.3, 0.4) is 0 Å². The third-order valence-electron chi connectivity index (χ3n) is 5.58. The standard InChI is InChI=1S/C25H28N2O4/c1-18-21(17-27-11-13-30-14-12-27)16-23(31-18)25(28)26-24(19-7-4-3-5-8-19)20-9-6-10-22(15-20)29-2/h3-10,15-16,24H,11-14,17H2,1-2H3,(H,26,28)/t24-/m1/s1. The molecule has 162 valence electrons. The van der Waals surface area contributed by atoms with Gasteiger partial charge < -0.3 is 19.2 Å². The molecule has 1 amide bonds. The summed E-state index contributed by atoms with van der Waals surface area (Å²) >= 11 is 0. The second kappa shape index (κ2) is 9.81. The molecule has 1 aliphatic rings. The maximum atomic E-state index is 13.1. The highest BCUT2D eigenvalue weighted by Gasteiger charge is 2.22. The molecule has 0 unspecified atom stereocenters. The van der Waals surface area contributed by atoms with Gasteiger partial charge in [0.1, 0.15) is 11.5 Å². The molecule has 1 atom stereocenters. The van der Waals surface area contributed by atoms with E-state index in [1.807, 2.05) is 67.6 Å². The molecule has 31 heavy (non-hydrogen) atoms. The lowest BCUT2D eigenvalue weighted by molar-refractivity contribution is 0.0340. The van der Waals surface area contributed by atoms with E-state index in [4.69, 9.17) is 13.9 Å². The van der Waals surface area contributed by atoms with Gasteiger partial charge in [-0.3, -0.25) is 9.69 Å². The van der Waals surface area contributed by atoms with Crippen LogP contribution in [0, 0.1) is 6.92 Å². The summed E-state index contributed by atoms with van der Waals surface area (Å²) in [5.74, 6) is 1.60. The Hall–Kier alpha value is -3.09. The number of ether oxygens (including phenoxy) is 2. The first-order valence-electron chi connectivity index (χ1n) is 10.5. The van der Waals surface area contributed by atoms with Gasteiger partial charge in [0.15, 0.2) is 5.76 Å². The van der Waals surface area contributed by atoms with Crippen LogP contribution in [0.4, 0.5) is 0 Å². The van der Waals surface area contributed by atoms with E-state index in [9.17, 15) is 4.79 Å². The predicted octanol–water partition coefficient (Wildman–Crippen LogP) is 3.95. The Morgan fingerprint density at radius 1 is 1.06 bits per heavy atom. The highest BCUT2D eigenvalue weighted by molar-refractivity contribution is 5.92. The SMILES string of the molecule is COc1cccc([C@H](NC(=O)c2cc(CN3CCOCC3)c(C)o2)c2ccccc2)c1. The summed E-state index contributed by atoms with van der Waals surface area (Å²) in [7, 11) is 1.64. The van der Waals surface area contributed by atoms with Crippen LogP contribution in [0.25, 0.3) is 0 Å². The zero-order valence-electron chi connectivity index (χ0n) is 18.0. The molecule has 6 nitrogen and oxygen atoms in total. The van der Waals surface area contributed by atoms with Crippen LogP contribution in [0.2, 0.25) is 0 Å². The van der Waals surface area contributed by atoms with Crippen molar-refractivity contribution < 1.29 is 18.7 Å². The second-order valence-electron chi connectivity index (χ2n) is 7.67. The van der Waals surface area contributed by atoms with Gasteiger partial charge in [-0.25, -0.2) is 0 Å². The molecule has 1 fully saturated rings. The number of rotatable bonds is 7. The van der Waals surface area contributed by atoms with Crippen molar-refractivity contribution in [3.8, 4) is 5.75 Å². The molecule has 4 rings (SSSR count). The lowest BCUT2D eigenvalue weighted by Gasteiger charge is -2.26. The van der Waals surface area contributed by atoms with Gasteiger partial charge in [0.2, 0.25) is 0 Å². The number of amides is 1. The van der Waals surface area contributed by atoms with E-state index in [0.29, 0.717) is 5.76 Å². The average molecular weight is 421 g/mol. The number of morpholine rings is 1. The van der Waals surface area contributed by atoms with Crippen LogP contribution in [-0.4, -0.2) is 44.2 Å². The van der Waals surface area contributed by atoms with Gasteiger partial charge in [0, 0.05) is 25.2 Å². The average Bonchev–Trinajstić information content (AvgIpc) is 3.19. The van der Waals surface area contributed by atoms with Gasteiger partial charge in [0.25, 0.3) is 5.91 Å². The summed E-state index contributed by atoms with van der Waals surface area (Å²) in [6.07, 6.45) is 0. The lowest BCUT2D eigenvalue weighted by Crippen LogP contribution is -2.35. The van der Waals surface area contributed by atoms with Gasteiger partial charge in [-0.05, 0) is 36.2 Å². The molecule has 2 heterocycles. The molecule has 0 bridgehead atoms. The molecule has 0 radical (unpaired) electrons. The van der Waals surface area contributed by atoms with Crippen molar-refractivity contribution in [3.05, 3.63) is 88.9 Å². The smallest absolute Gasteiger partial charge is 0.287 e. The molecule has 3 aromatic rings. The number of nitrogens with zero attached hydrogens (tertiary/aromatic N) is 1. The van der Waals surface area contributed by atoms with E-state index < -0.39 is 0 Å². The van der Waals surface area contributed by atoms with Crippen molar-refractivity contribution in [3.63, 3.8) is 0 Å². The van der Waals surface area contributed by atoms with E-state index in [1.54, 1.807) is 7.11 Å². The number of carbonyl (C=O) groups excluding carboxylic acids is 1. The molecular formula is C25H28N2O4. The Balaban J connectivity index is 1.55. The summed E-state index contributed by atoms with van der Waals surface area (Å²) in [6.45, 7) is 5.91. The summed E-state index contributed by atoms with van der Waals surface area (Å²) in [4.78, 5) is 15.5. The van der Waals surface area contributed by atoms with Crippen molar-refractivity contribution in [1.29, 1.82) is 0 Å². The molecular weight excluding hydrogens is 392 g/mol. The topological polar surface area (TPSA) is 63.9 Å². The van der Waals surface area contributed by atoms with Crippen molar-refractivity contribution >= 4 is 5.91 Å². The molecule has 1 aromatic heterocycles. The van der Waals surface area contributed by atoms with Crippen LogP contribution in [0.15, 0.2) is 65.1 Å². The normalized spacial score (nSPS) is 15.4. The Morgan fingerprint density at radius 2 is 1.81 bits per heavy atom. The second-order valence-corrected chi connectivity index (χ2v) is 7.67. The summed E-state index contributed by atoms with van der Waals surface area (Å²) in [5, 5.41) is 3.14. The monoisotopic (exact) mass is 420 g/mol. The van der Waals surface area contributed by atoms with Crippen molar-refractivity contribution in [2.75, 3.05) is 33.4 Å². The van der Waals surface area contributed by atoms with Crippen molar-refractivity contribution in [2.24, 2.45) is 0 Å². The highest BCUT2D eigenvalue weighted by atomic mass is 16.5. The zero-order chi connectivity index (χ0) is 21.6. The maximum Gasteiger partial charge on any atom is 0.287 e. The number of hydrogen-bond donors (Lipinski definition) is 1. The number of benzene rings is 2. The van der Waals surface area contributed by atoms with Crippen molar-refractivity contribution in [2.45, 2.75) is 19.5 Å². The number of carbonyl (C=O) groups is 1. The number of methoxy groups -OCH3 is 1. The molecule has 0 spiro atoms. The van der Waals surface area contributed by atoms with Gasteiger partial charge in [-0.1, -0.05) is 42.5 Å². The third-order valence-corrected chi connectivity index (χ3v) is 5.58. The first-order valence-corrected chi connectivity index (χ1v) is 10.5. The molecule has 1 N–H and O–H groups in total. The zero-order valence-corrected chi connectivity index (χ0v) is 18.0. The molecule has 6 heteroatoms. The van der Waals surface area contributed by atoms with E-state index >= 15 is 0 Å². The fraction of sp³-hybridized carbons (Fsp3) is 0.320. The largest absolute Gasteiger partial charge is 0.497 e. The number of aryl methyl sites for hydroxylation is 1. The van der Waals surface area contributed by atoms with Crippen LogP contribution in [0.5, 0.6) is 5.75 Å². The van der Waals surface area contributed by atoms with Crippen LogP contribution in [-0.2, 0) is 11.3 Å². The molecule has 0 saturated carbocycles. The van der Waals surface area contributed by atoms with Gasteiger partial charge >= 0.3 is 0 Å². The van der Waals surface area contributed by atoms with Gasteiger partial charge in [0.05, 0.1) is 26.4 Å². The first-order chi connectivity index (χ1) is 15.1. The Morgan fingerprint density at radius 3 is 2.55 bits per heavy atom. The minimum Gasteiger partial charge on any atom is -0.497 e. The molecule has 0 aliphatic carbocycles. The first kappa shape index (κ1) is 21.2. The quantitative estimate of drug-likeness (QED) is 0.627. The Kier molecular flexibility index (Phi) is 6.70. The number of furan rings is 1. The summed E-state index contributed by atoms with van der Waals surface area (Å²) in [6, 6.07) is 19.2. The van der Waals surface area contributed by atoms with Crippen LogP contribution in [0.1, 0.15) is 39.0 Å². The van der Waals surface area contributed by atoms with E-state index in [0.717, 1.165) is 61.0 Å². The van der Waals surface area contributed by atoms with E-state index in [-0.39, 0.29) is 11.9 Å². The Labute approximate surface area is 182 Å². The van der Waals surface area contributed by atoms with Gasteiger partial charge in [-0.2, -0.15) is 0 Å². The lowest BCUT2D eigenvalue weighted by atomic mass is 9.98. The fourth-order valence-electron chi connectivity index (χ4n) is 3.82. The maximum absolute atomic E-state index is 13.1. The highest BCUT2D eigenvalue weighted by Crippen LogP contribution is 2.26. The van der Waals surface area contributed by atoms with Crippen LogP contribution >= 0.6 is 0 Å². The van der Waals surface area contributed by atoms with E-state index in [1.165, 1.54) is 0 Å². The molecule has 1 saturated heterocycles. The van der Waals surface area contributed by atoms with E-state index in [2.05, 4.69) is 10.2 Å². The summed E-state index contributed by atoms with van der Waals surface area (Å²) < 4.78 is 16.6. The van der Waals surface area contributed by atoms with Crippen molar-refractivity contribution in [1.82, 2.24) is 10.2 Å². The minimum atomic E-state index is -0.322. The number of nitrogens with one attached hydrogen (secondary N) is 1. The fourth-order valence-corrected chi connectivity index (χ4v) is 3.82.